The molecule has 0 aliphatic carbocycles. The molecule has 2 unspecified atom stereocenters. The number of aliphatic hydroxyl groups is 6. The van der Waals surface area contributed by atoms with Crippen LogP contribution in [0.2, 0.25) is 0 Å². The van der Waals surface area contributed by atoms with Crippen LogP contribution in [0.5, 0.6) is 5.75 Å². The third-order valence-electron chi connectivity index (χ3n) is 5.59. The molecule has 168 valence electrons. The molecular formula is C18H25NO11. The van der Waals surface area contributed by atoms with E-state index in [2.05, 4.69) is 0 Å². The first-order valence-electron chi connectivity index (χ1n) is 9.33. The van der Waals surface area contributed by atoms with Gasteiger partial charge in [0.05, 0.1) is 17.1 Å². The first-order valence-corrected chi connectivity index (χ1v) is 9.33. The van der Waals surface area contributed by atoms with Crippen molar-refractivity contribution in [3.8, 4) is 5.75 Å². The van der Waals surface area contributed by atoms with Gasteiger partial charge >= 0.3 is 0 Å². The van der Waals surface area contributed by atoms with E-state index in [1.165, 1.54) is 26.0 Å². The predicted molar refractivity (Wildman–Crippen MR) is 97.4 cm³/mol. The van der Waals surface area contributed by atoms with E-state index < -0.39 is 65.6 Å². The van der Waals surface area contributed by atoms with Crippen LogP contribution in [0.4, 0.5) is 5.69 Å². The fourth-order valence-electron chi connectivity index (χ4n) is 3.68. The van der Waals surface area contributed by atoms with Crippen molar-refractivity contribution in [2.45, 2.75) is 74.6 Å². The minimum atomic E-state index is -2.58. The summed E-state index contributed by atoms with van der Waals surface area (Å²) in [6.07, 6.45) is -14.0. The Morgan fingerprint density at radius 1 is 0.933 bits per heavy atom. The fraction of sp³-hybridized carbons (Fsp3) is 0.667. The zero-order valence-electron chi connectivity index (χ0n) is 16.2. The minimum Gasteiger partial charge on any atom is -0.462 e. The summed E-state index contributed by atoms with van der Waals surface area (Å²) in [7, 11) is 0. The largest absolute Gasteiger partial charge is 0.462 e. The molecule has 0 amide bonds. The second-order valence-electron chi connectivity index (χ2n) is 7.60. The van der Waals surface area contributed by atoms with Gasteiger partial charge in [-0.3, -0.25) is 10.1 Å². The van der Waals surface area contributed by atoms with Crippen molar-refractivity contribution in [3.05, 3.63) is 34.4 Å². The molecular weight excluding hydrogens is 406 g/mol. The molecule has 2 heterocycles. The summed E-state index contributed by atoms with van der Waals surface area (Å²) < 4.78 is 16.6. The van der Waals surface area contributed by atoms with Gasteiger partial charge in [-0.25, -0.2) is 0 Å². The third kappa shape index (κ3) is 3.76. The van der Waals surface area contributed by atoms with Gasteiger partial charge in [-0.15, -0.1) is 0 Å². The quantitative estimate of drug-likeness (QED) is 0.229. The summed E-state index contributed by atoms with van der Waals surface area (Å²) >= 11 is 0. The standard InChI is InChI=1S/C18H25NO11/c1-7-11(20)13(22)14(23)16(28-7)18(25)15(24)12(21)8(2)29-17(18)30-10-5-3-9(4-6-10)19(26)27/h3-8,11-17,20-25H,1-2H3/t7-,8-,11+,12+,13+,14-,15+,16?,17?,18+/m0/s1. The number of non-ortho nitro benzene ring substituents is 1. The third-order valence-corrected chi connectivity index (χ3v) is 5.59. The van der Waals surface area contributed by atoms with Crippen LogP contribution in [0, 0.1) is 10.1 Å². The molecule has 2 aliphatic rings. The van der Waals surface area contributed by atoms with Crippen molar-refractivity contribution in [2.24, 2.45) is 0 Å². The van der Waals surface area contributed by atoms with E-state index in [0.717, 1.165) is 12.1 Å². The molecule has 30 heavy (non-hydrogen) atoms. The number of aliphatic hydroxyl groups excluding tert-OH is 5. The van der Waals surface area contributed by atoms with Crippen molar-refractivity contribution in [2.75, 3.05) is 0 Å². The van der Waals surface area contributed by atoms with Crippen LogP contribution in [0.15, 0.2) is 24.3 Å². The summed E-state index contributed by atoms with van der Waals surface area (Å²) in [5.74, 6) is 0.0266. The van der Waals surface area contributed by atoms with Gasteiger partial charge in [0.15, 0.2) is 5.60 Å². The average molecular weight is 431 g/mol. The molecule has 0 saturated carbocycles. The molecule has 1 aromatic rings. The van der Waals surface area contributed by atoms with Crippen molar-refractivity contribution >= 4 is 5.69 Å². The van der Waals surface area contributed by atoms with Gasteiger partial charge in [0, 0.05) is 12.1 Å². The molecule has 10 atom stereocenters. The molecule has 3 rings (SSSR count). The molecule has 0 radical (unpaired) electrons. The zero-order chi connectivity index (χ0) is 22.4. The van der Waals surface area contributed by atoms with Crippen LogP contribution < -0.4 is 4.74 Å². The molecule has 2 aliphatic heterocycles. The second kappa shape index (κ2) is 8.32. The number of benzene rings is 1. The Labute approximate surface area is 171 Å². The van der Waals surface area contributed by atoms with E-state index in [4.69, 9.17) is 14.2 Å². The molecule has 1 aromatic carbocycles. The number of hydrogen-bond donors (Lipinski definition) is 6. The SMILES string of the molecule is C[C@@H]1OC(Oc2ccc([N+](=O)[O-])cc2)[C@](O)(C2O[C@@H](C)[C@@H](O)[C@@H](O)[C@@H]2O)[C@H](O)[C@@H]1O. The summed E-state index contributed by atoms with van der Waals surface area (Å²) in [6, 6.07) is 4.78. The first kappa shape index (κ1) is 22.8. The first-order chi connectivity index (χ1) is 14.0. The highest BCUT2D eigenvalue weighted by atomic mass is 16.7. The van der Waals surface area contributed by atoms with Gasteiger partial charge in [0.2, 0.25) is 6.29 Å². The lowest BCUT2D eigenvalue weighted by molar-refractivity contribution is -0.385. The van der Waals surface area contributed by atoms with Crippen molar-refractivity contribution in [1.82, 2.24) is 0 Å². The van der Waals surface area contributed by atoms with E-state index in [-0.39, 0.29) is 11.4 Å². The Kier molecular flexibility index (Phi) is 6.32. The number of ether oxygens (including phenoxy) is 3. The molecule has 0 spiro atoms. The highest BCUT2D eigenvalue weighted by Gasteiger charge is 2.64. The minimum absolute atomic E-state index is 0.0266. The Morgan fingerprint density at radius 3 is 2.07 bits per heavy atom. The summed E-state index contributed by atoms with van der Waals surface area (Å²) in [6.45, 7) is 2.80. The van der Waals surface area contributed by atoms with E-state index in [9.17, 15) is 40.8 Å². The van der Waals surface area contributed by atoms with Crippen molar-refractivity contribution in [1.29, 1.82) is 0 Å². The maximum Gasteiger partial charge on any atom is 0.269 e. The topological polar surface area (TPSA) is 192 Å². The normalized spacial score (nSPS) is 44.5. The Morgan fingerprint density at radius 2 is 1.50 bits per heavy atom. The van der Waals surface area contributed by atoms with Gasteiger partial charge in [0.1, 0.15) is 42.4 Å². The zero-order valence-corrected chi connectivity index (χ0v) is 16.2. The molecule has 0 aromatic heterocycles. The van der Waals surface area contributed by atoms with Crippen LogP contribution >= 0.6 is 0 Å². The number of nitrogens with zero attached hydrogens (tertiary/aromatic N) is 1. The Balaban J connectivity index is 1.95. The second-order valence-corrected chi connectivity index (χ2v) is 7.60. The van der Waals surface area contributed by atoms with Crippen LogP contribution in [0.1, 0.15) is 13.8 Å². The molecule has 12 nitrogen and oxygen atoms in total. The van der Waals surface area contributed by atoms with Crippen LogP contribution in [-0.4, -0.2) is 96.3 Å². The molecule has 2 fully saturated rings. The highest BCUT2D eigenvalue weighted by molar-refractivity contribution is 5.36. The van der Waals surface area contributed by atoms with E-state index in [0.29, 0.717) is 0 Å². The maximum absolute atomic E-state index is 11.4. The van der Waals surface area contributed by atoms with E-state index in [1.54, 1.807) is 0 Å². The van der Waals surface area contributed by atoms with Crippen molar-refractivity contribution < 1.29 is 49.8 Å². The smallest absolute Gasteiger partial charge is 0.269 e. The van der Waals surface area contributed by atoms with Crippen LogP contribution in [-0.2, 0) is 9.47 Å². The molecule has 12 heteroatoms. The van der Waals surface area contributed by atoms with Gasteiger partial charge in [0.25, 0.3) is 5.69 Å². The lowest BCUT2D eigenvalue weighted by Crippen LogP contribution is -2.76. The number of hydrogen-bond acceptors (Lipinski definition) is 11. The molecule has 2 saturated heterocycles. The Hall–Kier alpha value is -1.90. The van der Waals surface area contributed by atoms with Gasteiger partial charge in [-0.2, -0.15) is 0 Å². The van der Waals surface area contributed by atoms with Crippen molar-refractivity contribution in [3.63, 3.8) is 0 Å². The Bertz CT molecular complexity index is 761. The summed E-state index contributed by atoms with van der Waals surface area (Å²) in [4.78, 5) is 10.2. The highest BCUT2D eigenvalue weighted by Crippen LogP contribution is 2.40. The number of rotatable bonds is 4. The van der Waals surface area contributed by atoms with Gasteiger partial charge in [-0.05, 0) is 26.0 Å². The monoisotopic (exact) mass is 431 g/mol. The lowest BCUT2D eigenvalue weighted by Gasteiger charge is -2.53. The fourth-order valence-corrected chi connectivity index (χ4v) is 3.68. The number of nitro benzene ring substituents is 1. The lowest BCUT2D eigenvalue weighted by atomic mass is 9.77. The average Bonchev–Trinajstić information content (AvgIpc) is 2.72. The predicted octanol–water partition coefficient (Wildman–Crippen LogP) is -1.96. The van der Waals surface area contributed by atoms with Gasteiger partial charge in [-0.1, -0.05) is 0 Å². The van der Waals surface area contributed by atoms with Gasteiger partial charge < -0.3 is 44.8 Å². The maximum atomic E-state index is 11.4. The summed E-state index contributed by atoms with van der Waals surface area (Å²) in [5, 5.41) is 73.5. The van der Waals surface area contributed by atoms with E-state index >= 15 is 0 Å². The van der Waals surface area contributed by atoms with E-state index in [1.807, 2.05) is 0 Å². The summed E-state index contributed by atoms with van der Waals surface area (Å²) in [5.41, 5.74) is -2.79. The van der Waals surface area contributed by atoms with Crippen LogP contribution in [0.3, 0.4) is 0 Å². The van der Waals surface area contributed by atoms with Crippen LogP contribution in [0.25, 0.3) is 0 Å². The number of nitro groups is 1. The molecule has 0 bridgehead atoms. The molecule has 6 N–H and O–H groups in total.